The van der Waals surface area contributed by atoms with Gasteiger partial charge in [-0.1, -0.05) is 23.7 Å². The molecule has 0 radical (unpaired) electrons. The van der Waals surface area contributed by atoms with E-state index < -0.39 is 5.91 Å². The Morgan fingerprint density at radius 1 is 1.20 bits per heavy atom. The van der Waals surface area contributed by atoms with Crippen LogP contribution in [0.4, 0.5) is 0 Å². The van der Waals surface area contributed by atoms with Crippen molar-refractivity contribution in [3.63, 3.8) is 0 Å². The normalized spacial score (nSPS) is 19.7. The smallest absolute Gasteiger partial charge is 0.268 e. The van der Waals surface area contributed by atoms with Crippen LogP contribution < -0.4 is 5.73 Å². The summed E-state index contributed by atoms with van der Waals surface area (Å²) in [4.78, 5) is 36.4. The van der Waals surface area contributed by atoms with Crippen molar-refractivity contribution in [1.29, 1.82) is 0 Å². The number of hydrogen-bond donors (Lipinski definition) is 1. The highest BCUT2D eigenvalue weighted by Crippen LogP contribution is 2.35. The van der Waals surface area contributed by atoms with Gasteiger partial charge < -0.3 is 15.5 Å². The average Bonchev–Trinajstić information content (AvgIpc) is 3.24. The molecule has 1 aromatic carbocycles. The van der Waals surface area contributed by atoms with E-state index in [4.69, 9.17) is 17.3 Å². The molecular weight excluding hydrogens is 422 g/mol. The summed E-state index contributed by atoms with van der Waals surface area (Å²) in [5, 5.41) is 3.14. The van der Waals surface area contributed by atoms with E-state index in [1.165, 1.54) is 11.3 Å². The first-order valence-corrected chi connectivity index (χ1v) is 11.0. The number of primary amides is 1. The fourth-order valence-corrected chi connectivity index (χ4v) is 4.81. The number of nitrogens with two attached hydrogens (primary N) is 1. The lowest BCUT2D eigenvalue weighted by molar-refractivity contribution is -0.130. The molecule has 1 fully saturated rings. The van der Waals surface area contributed by atoms with Crippen molar-refractivity contribution >= 4 is 46.8 Å². The zero-order valence-electron chi connectivity index (χ0n) is 16.5. The lowest BCUT2D eigenvalue weighted by Crippen LogP contribution is -2.47. The van der Waals surface area contributed by atoms with Crippen molar-refractivity contribution in [2.45, 2.75) is 31.8 Å². The average molecular weight is 444 g/mol. The highest BCUT2D eigenvalue weighted by Gasteiger charge is 2.32. The van der Waals surface area contributed by atoms with Crippen LogP contribution in [0.25, 0.3) is 5.70 Å². The maximum atomic E-state index is 11.7. The Morgan fingerprint density at radius 3 is 2.50 bits per heavy atom. The van der Waals surface area contributed by atoms with E-state index in [-0.39, 0.29) is 23.7 Å². The van der Waals surface area contributed by atoms with Gasteiger partial charge in [-0.2, -0.15) is 0 Å². The number of likely N-dealkylation sites (tertiary alicyclic amines) is 1. The van der Waals surface area contributed by atoms with Crippen LogP contribution in [0.2, 0.25) is 5.02 Å². The second kappa shape index (κ2) is 8.57. The zero-order valence-corrected chi connectivity index (χ0v) is 18.1. The summed E-state index contributed by atoms with van der Waals surface area (Å²) in [6.45, 7) is 3.04. The minimum Gasteiger partial charge on any atom is -0.364 e. The molecule has 156 valence electrons. The van der Waals surface area contributed by atoms with E-state index in [0.29, 0.717) is 5.02 Å². The van der Waals surface area contributed by atoms with Gasteiger partial charge in [-0.15, -0.1) is 11.3 Å². The summed E-state index contributed by atoms with van der Waals surface area (Å²) < 4.78 is 0. The van der Waals surface area contributed by atoms with E-state index in [9.17, 15) is 9.59 Å². The van der Waals surface area contributed by atoms with Gasteiger partial charge in [0.05, 0.1) is 12.0 Å². The first kappa shape index (κ1) is 20.6. The van der Waals surface area contributed by atoms with E-state index in [2.05, 4.69) is 21.0 Å². The summed E-state index contributed by atoms with van der Waals surface area (Å²) in [7, 11) is 0. The van der Waals surface area contributed by atoms with Crippen LogP contribution in [-0.4, -0.2) is 52.1 Å². The molecule has 2 N–H and O–H groups in total. The second-order valence-electron chi connectivity index (χ2n) is 7.37. The molecule has 9 heteroatoms. The van der Waals surface area contributed by atoms with Crippen LogP contribution in [0.5, 0.6) is 0 Å². The molecule has 1 atom stereocenters. The van der Waals surface area contributed by atoms with Crippen molar-refractivity contribution in [3.8, 4) is 0 Å². The number of thiazole rings is 1. The number of carbonyl (C=O) groups is 2. The van der Waals surface area contributed by atoms with Gasteiger partial charge in [0.1, 0.15) is 16.7 Å². The van der Waals surface area contributed by atoms with E-state index in [1.54, 1.807) is 12.3 Å². The molecule has 1 aromatic heterocycles. The molecular formula is C21H22ClN5O2S. The molecule has 2 aromatic rings. The quantitative estimate of drug-likeness (QED) is 0.784. The number of piperidine rings is 1. The molecule has 2 aliphatic rings. The van der Waals surface area contributed by atoms with Crippen LogP contribution in [0, 0.1) is 0 Å². The van der Waals surface area contributed by atoms with Gasteiger partial charge in [-0.05, 0) is 31.1 Å². The minimum atomic E-state index is -0.537. The third kappa shape index (κ3) is 4.24. The highest BCUT2D eigenvalue weighted by atomic mass is 35.5. The molecule has 1 unspecified atom stereocenters. The maximum absolute atomic E-state index is 11.7. The maximum Gasteiger partial charge on any atom is 0.268 e. The molecule has 0 saturated carbocycles. The number of benzene rings is 1. The third-order valence-electron chi connectivity index (χ3n) is 5.47. The number of aliphatic imine (C=N–C) groups is 1. The van der Waals surface area contributed by atoms with Crippen molar-refractivity contribution in [1.82, 2.24) is 14.8 Å². The third-order valence-corrected chi connectivity index (χ3v) is 6.63. The van der Waals surface area contributed by atoms with Crippen molar-refractivity contribution < 1.29 is 9.59 Å². The van der Waals surface area contributed by atoms with Gasteiger partial charge in [0, 0.05) is 42.0 Å². The van der Waals surface area contributed by atoms with E-state index in [1.807, 2.05) is 35.5 Å². The molecule has 0 bridgehead atoms. The van der Waals surface area contributed by atoms with Gasteiger partial charge >= 0.3 is 0 Å². The number of amides is 2. The first-order valence-electron chi connectivity index (χ1n) is 9.72. The largest absolute Gasteiger partial charge is 0.364 e. The number of halogens is 1. The number of hydrogen-bond acceptors (Lipinski definition) is 6. The van der Waals surface area contributed by atoms with Crippen LogP contribution in [-0.2, 0) is 4.79 Å². The molecule has 3 heterocycles. The molecule has 0 spiro atoms. The summed E-state index contributed by atoms with van der Waals surface area (Å²) in [5.74, 6) is -0.432. The minimum absolute atomic E-state index is 0.105. The molecule has 1 saturated heterocycles. The summed E-state index contributed by atoms with van der Waals surface area (Å²) in [5.41, 5.74) is 7.46. The van der Waals surface area contributed by atoms with Gasteiger partial charge in [-0.25, -0.2) is 9.98 Å². The Hall–Kier alpha value is -2.71. The van der Waals surface area contributed by atoms with Crippen molar-refractivity contribution in [2.75, 3.05) is 13.1 Å². The molecule has 30 heavy (non-hydrogen) atoms. The summed E-state index contributed by atoms with van der Waals surface area (Å²) in [6.07, 6.45) is 5.61. The van der Waals surface area contributed by atoms with E-state index >= 15 is 0 Å². The topological polar surface area (TPSA) is 91.9 Å². The second-order valence-corrected chi connectivity index (χ2v) is 8.69. The Morgan fingerprint density at radius 2 is 1.90 bits per heavy atom. The summed E-state index contributed by atoms with van der Waals surface area (Å²) >= 11 is 7.43. The van der Waals surface area contributed by atoms with Crippen LogP contribution in [0.3, 0.4) is 0 Å². The van der Waals surface area contributed by atoms with Crippen LogP contribution >= 0.6 is 22.9 Å². The van der Waals surface area contributed by atoms with Crippen molar-refractivity contribution in [2.24, 2.45) is 10.7 Å². The molecule has 4 rings (SSSR count). The Kier molecular flexibility index (Phi) is 5.87. The number of aromatic nitrogens is 1. The zero-order chi connectivity index (χ0) is 21.3. The predicted octanol–water partition coefficient (Wildman–Crippen LogP) is 3.33. The fourth-order valence-electron chi connectivity index (χ4n) is 3.81. The van der Waals surface area contributed by atoms with Gasteiger partial charge in [0.25, 0.3) is 5.91 Å². The standard InChI is InChI=1S/C21H22ClN5O2S/c1-13(28)26-8-6-16(7-9-26)27-12-24-17(14-2-4-15(22)5-3-14)10-19(27)21-25-18(11-30-21)20(23)29/h2-5,10-12,16,19H,6-9H2,1H3,(H2,23,29). The molecule has 2 amide bonds. The van der Waals surface area contributed by atoms with Gasteiger partial charge in [0.2, 0.25) is 5.91 Å². The van der Waals surface area contributed by atoms with Crippen LogP contribution in [0.15, 0.2) is 40.7 Å². The monoisotopic (exact) mass is 443 g/mol. The Balaban J connectivity index is 1.64. The Bertz CT molecular complexity index is 1010. The molecule has 2 aliphatic heterocycles. The Labute approximate surface area is 183 Å². The van der Waals surface area contributed by atoms with Crippen molar-refractivity contribution in [3.05, 3.63) is 57.0 Å². The molecule has 7 nitrogen and oxygen atoms in total. The fraction of sp³-hybridized carbons (Fsp3) is 0.333. The van der Waals surface area contributed by atoms with Crippen LogP contribution in [0.1, 0.15) is 46.9 Å². The lowest BCUT2D eigenvalue weighted by Gasteiger charge is -2.41. The van der Waals surface area contributed by atoms with Gasteiger partial charge in [-0.3, -0.25) is 9.59 Å². The lowest BCUT2D eigenvalue weighted by atomic mass is 9.99. The predicted molar refractivity (Wildman–Crippen MR) is 118 cm³/mol. The SMILES string of the molecule is CC(=O)N1CCC(N2C=NC(c3ccc(Cl)cc3)=CC2c2nc(C(N)=O)cs2)CC1. The first-order chi connectivity index (χ1) is 14.4. The number of nitrogens with zero attached hydrogens (tertiary/aromatic N) is 4. The van der Waals surface area contributed by atoms with E-state index in [0.717, 1.165) is 42.2 Å². The number of carbonyl (C=O) groups excluding carboxylic acids is 2. The van der Waals surface area contributed by atoms with Gasteiger partial charge in [0.15, 0.2) is 0 Å². The summed E-state index contributed by atoms with van der Waals surface area (Å²) in [6, 6.07) is 7.58. The highest BCUT2D eigenvalue weighted by molar-refractivity contribution is 7.10. The molecule has 0 aliphatic carbocycles. The number of rotatable bonds is 4.